The standard InChI is InChI=1S/C4H8O2.O2/c1-2-3-4(5)6;1-2/h2-3H2,1H3,(H,5,6);. The minimum absolute atomic E-state index is 0.292. The summed E-state index contributed by atoms with van der Waals surface area (Å²) in [6.45, 7) is 1.84. The lowest BCUT2D eigenvalue weighted by molar-refractivity contribution is -0.137. The van der Waals surface area contributed by atoms with E-state index in [1.807, 2.05) is 6.92 Å². The molecule has 8 heavy (non-hydrogen) atoms. The molecule has 0 amide bonds. The Hall–Kier alpha value is -0.930. The van der Waals surface area contributed by atoms with Gasteiger partial charge >= 0.3 is 5.97 Å². The van der Waals surface area contributed by atoms with Gasteiger partial charge in [-0.15, -0.1) is 0 Å². The Bertz CT molecular complexity index is 61.1. The number of hydrogen-bond acceptors (Lipinski definition) is 3. The third-order valence-corrected chi connectivity index (χ3v) is 0.464. The van der Waals surface area contributed by atoms with E-state index in [0.29, 0.717) is 6.42 Å². The summed E-state index contributed by atoms with van der Waals surface area (Å²) in [5.41, 5.74) is 0. The highest BCUT2D eigenvalue weighted by atomic mass is 16.7. The summed E-state index contributed by atoms with van der Waals surface area (Å²) in [7, 11) is 0. The fourth-order valence-corrected chi connectivity index (χ4v) is 0.214. The van der Waals surface area contributed by atoms with Crippen LogP contribution in [0.2, 0.25) is 0 Å². The summed E-state index contributed by atoms with van der Waals surface area (Å²) in [5, 5.41) is 7.91. The normalized spacial score (nSPS) is 6.62. The highest BCUT2D eigenvalue weighted by molar-refractivity contribution is 5.66. The minimum atomic E-state index is -0.711. The van der Waals surface area contributed by atoms with Crippen molar-refractivity contribution in [3.63, 3.8) is 0 Å². The molecule has 0 unspecified atom stereocenters. The van der Waals surface area contributed by atoms with Crippen LogP contribution in [-0.4, -0.2) is 11.1 Å². The Labute approximate surface area is 46.7 Å². The summed E-state index contributed by atoms with van der Waals surface area (Å²) >= 11 is 0. The molecule has 0 atom stereocenters. The number of aliphatic carboxylic acids is 1. The molecule has 0 aromatic rings. The summed E-state index contributed by atoms with van der Waals surface area (Å²) in [4.78, 5) is 23.6. The number of rotatable bonds is 2. The first-order chi connectivity index (χ1) is 3.77. The van der Waals surface area contributed by atoms with Gasteiger partial charge in [-0.05, 0) is 6.42 Å². The monoisotopic (exact) mass is 120 g/mol. The van der Waals surface area contributed by atoms with Crippen molar-refractivity contribution in [1.29, 1.82) is 0 Å². The summed E-state index contributed by atoms with van der Waals surface area (Å²) < 4.78 is 0. The van der Waals surface area contributed by atoms with E-state index in [1.165, 1.54) is 0 Å². The maximum Gasteiger partial charge on any atom is 0.303 e. The second-order valence-electron chi connectivity index (χ2n) is 1.14. The molecular weight excluding hydrogens is 112 g/mol. The number of hydrogen-bond donors (Lipinski definition) is 1. The van der Waals surface area contributed by atoms with E-state index in [1.54, 1.807) is 0 Å². The predicted octanol–water partition coefficient (Wildman–Crippen LogP) is 0.938. The van der Waals surface area contributed by atoms with Crippen molar-refractivity contribution in [2.24, 2.45) is 0 Å². The molecule has 0 aliphatic heterocycles. The topological polar surface area (TPSA) is 71.4 Å². The second kappa shape index (κ2) is 9.42. The van der Waals surface area contributed by atoms with Gasteiger partial charge in [0, 0.05) is 16.4 Å². The molecule has 4 heteroatoms. The molecule has 0 aromatic heterocycles. The van der Waals surface area contributed by atoms with Crippen LogP contribution >= 0.6 is 0 Å². The molecule has 0 aromatic carbocycles. The third-order valence-electron chi connectivity index (χ3n) is 0.464. The zero-order valence-electron chi connectivity index (χ0n) is 4.59. The van der Waals surface area contributed by atoms with Gasteiger partial charge in [-0.1, -0.05) is 6.92 Å². The Morgan fingerprint density at radius 1 is 1.50 bits per heavy atom. The lowest BCUT2D eigenvalue weighted by atomic mass is 10.4. The van der Waals surface area contributed by atoms with E-state index < -0.39 is 5.97 Å². The van der Waals surface area contributed by atoms with Crippen molar-refractivity contribution in [2.75, 3.05) is 0 Å². The fraction of sp³-hybridized carbons (Fsp3) is 0.750. The van der Waals surface area contributed by atoms with Gasteiger partial charge in [0.1, 0.15) is 0 Å². The summed E-state index contributed by atoms with van der Waals surface area (Å²) in [5.74, 6) is -0.711. The lowest BCUT2D eigenvalue weighted by Crippen LogP contribution is -1.90. The summed E-state index contributed by atoms with van der Waals surface area (Å²) in [6.07, 6.45) is 1.02. The molecule has 1 N–H and O–H groups in total. The van der Waals surface area contributed by atoms with Crippen LogP contribution in [0.25, 0.3) is 0 Å². The highest BCUT2D eigenvalue weighted by Gasteiger charge is 1.87. The molecule has 0 rings (SSSR count). The van der Waals surface area contributed by atoms with Crippen LogP contribution in [0.4, 0.5) is 0 Å². The van der Waals surface area contributed by atoms with E-state index in [9.17, 15) is 4.79 Å². The van der Waals surface area contributed by atoms with Gasteiger partial charge in [-0.2, -0.15) is 0 Å². The van der Waals surface area contributed by atoms with Crippen LogP contribution in [0, 0.1) is 9.93 Å². The molecule has 0 fully saturated rings. The molecule has 0 saturated carbocycles. The van der Waals surface area contributed by atoms with Gasteiger partial charge in [0.25, 0.3) is 0 Å². The van der Waals surface area contributed by atoms with Crippen LogP contribution in [0.15, 0.2) is 0 Å². The van der Waals surface area contributed by atoms with Crippen LogP contribution in [0.5, 0.6) is 0 Å². The van der Waals surface area contributed by atoms with Gasteiger partial charge in [0.15, 0.2) is 0 Å². The second-order valence-corrected chi connectivity index (χ2v) is 1.14. The minimum Gasteiger partial charge on any atom is -0.481 e. The van der Waals surface area contributed by atoms with Crippen molar-refractivity contribution < 1.29 is 9.90 Å². The quantitative estimate of drug-likeness (QED) is 0.588. The maximum absolute atomic E-state index is 9.60. The van der Waals surface area contributed by atoms with E-state index in [2.05, 4.69) is 0 Å². The Morgan fingerprint density at radius 2 is 1.88 bits per heavy atom. The molecule has 0 spiro atoms. The van der Waals surface area contributed by atoms with E-state index >= 15 is 0 Å². The van der Waals surface area contributed by atoms with E-state index in [0.717, 1.165) is 6.42 Å². The van der Waals surface area contributed by atoms with Crippen molar-refractivity contribution in [3.05, 3.63) is 9.93 Å². The van der Waals surface area contributed by atoms with Crippen molar-refractivity contribution in [1.82, 2.24) is 0 Å². The first kappa shape index (κ1) is 10.1. The van der Waals surface area contributed by atoms with Crippen molar-refractivity contribution in [2.45, 2.75) is 19.8 Å². The van der Waals surface area contributed by atoms with Crippen LogP contribution in [0.3, 0.4) is 0 Å². The SMILES string of the molecule is CCCC(=O)O.O=O. The molecular formula is C4H8O4. The van der Waals surface area contributed by atoms with Crippen LogP contribution in [-0.2, 0) is 4.79 Å². The molecule has 0 aliphatic rings. The average molecular weight is 120 g/mol. The van der Waals surface area contributed by atoms with Crippen LogP contribution < -0.4 is 0 Å². The molecule has 0 aliphatic carbocycles. The number of carbonyl (C=O) groups is 1. The molecule has 0 heterocycles. The zero-order chi connectivity index (χ0) is 6.99. The maximum atomic E-state index is 9.60. The first-order valence-corrected chi connectivity index (χ1v) is 2.16. The fourth-order valence-electron chi connectivity index (χ4n) is 0.214. The average Bonchev–Trinajstić information content (AvgIpc) is 1.72. The predicted molar refractivity (Wildman–Crippen MR) is 29.3 cm³/mol. The van der Waals surface area contributed by atoms with Crippen molar-refractivity contribution >= 4 is 5.97 Å². The summed E-state index contributed by atoms with van der Waals surface area (Å²) in [6, 6.07) is 0. The molecule has 0 saturated heterocycles. The van der Waals surface area contributed by atoms with E-state index in [4.69, 9.17) is 15.0 Å². The largest absolute Gasteiger partial charge is 0.481 e. The van der Waals surface area contributed by atoms with Gasteiger partial charge in [-0.25, -0.2) is 0 Å². The number of carboxylic acid groups (broad SMARTS) is 1. The first-order valence-electron chi connectivity index (χ1n) is 2.16. The Morgan fingerprint density at radius 3 is 1.88 bits per heavy atom. The van der Waals surface area contributed by atoms with Gasteiger partial charge in [0.05, 0.1) is 0 Å². The van der Waals surface area contributed by atoms with E-state index in [-0.39, 0.29) is 0 Å². The highest BCUT2D eigenvalue weighted by Crippen LogP contribution is 1.82. The Kier molecular flexibility index (Phi) is 11.9. The molecule has 4 nitrogen and oxygen atoms in total. The van der Waals surface area contributed by atoms with Gasteiger partial charge < -0.3 is 5.11 Å². The van der Waals surface area contributed by atoms with Crippen molar-refractivity contribution in [3.8, 4) is 0 Å². The molecule has 0 bridgehead atoms. The number of carboxylic acids is 1. The smallest absolute Gasteiger partial charge is 0.303 e. The zero-order valence-corrected chi connectivity index (χ0v) is 4.59. The van der Waals surface area contributed by atoms with Crippen LogP contribution in [0.1, 0.15) is 19.8 Å². The van der Waals surface area contributed by atoms with Gasteiger partial charge in [0.2, 0.25) is 0 Å². The lowest BCUT2D eigenvalue weighted by Gasteiger charge is -1.79. The third kappa shape index (κ3) is 19.6. The van der Waals surface area contributed by atoms with Gasteiger partial charge in [-0.3, -0.25) is 4.79 Å². The molecule has 48 valence electrons. The molecule has 0 radical (unpaired) electrons. The Balaban J connectivity index is 0.